The van der Waals surface area contributed by atoms with Gasteiger partial charge >= 0.3 is 0 Å². The highest BCUT2D eigenvalue weighted by molar-refractivity contribution is 6.02. The average molecular weight is 443 g/mol. The molecule has 3 aromatic rings. The van der Waals surface area contributed by atoms with Crippen molar-refractivity contribution in [3.63, 3.8) is 0 Å². The lowest BCUT2D eigenvalue weighted by molar-refractivity contribution is -0.118. The van der Waals surface area contributed by atoms with Crippen LogP contribution in [0.1, 0.15) is 42.9 Å². The number of benzene rings is 3. The van der Waals surface area contributed by atoms with Gasteiger partial charge in [-0.2, -0.15) is 0 Å². The zero-order valence-corrected chi connectivity index (χ0v) is 19.2. The lowest BCUT2D eigenvalue weighted by Gasteiger charge is -2.20. The summed E-state index contributed by atoms with van der Waals surface area (Å²) in [7, 11) is 0. The van der Waals surface area contributed by atoms with Crippen molar-refractivity contribution >= 4 is 11.6 Å². The number of hydrogen-bond acceptors (Lipinski definition) is 4. The molecule has 1 saturated carbocycles. The molecule has 1 amide bonds. The summed E-state index contributed by atoms with van der Waals surface area (Å²) in [6.45, 7) is 6.18. The van der Waals surface area contributed by atoms with Crippen LogP contribution in [0.15, 0.2) is 60.7 Å². The Morgan fingerprint density at radius 3 is 2.55 bits per heavy atom. The van der Waals surface area contributed by atoms with E-state index in [1.165, 1.54) is 5.56 Å². The van der Waals surface area contributed by atoms with Crippen LogP contribution in [0.5, 0.6) is 11.5 Å². The molecule has 1 fully saturated rings. The van der Waals surface area contributed by atoms with Gasteiger partial charge in [-0.1, -0.05) is 49.4 Å². The van der Waals surface area contributed by atoms with Crippen LogP contribution < -0.4 is 20.1 Å². The van der Waals surface area contributed by atoms with Crippen LogP contribution in [0.4, 0.5) is 5.69 Å². The molecule has 5 heteroatoms. The van der Waals surface area contributed by atoms with Crippen LogP contribution in [0, 0.1) is 6.92 Å². The molecule has 2 aliphatic rings. The fourth-order valence-electron chi connectivity index (χ4n) is 4.57. The highest BCUT2D eigenvalue weighted by Crippen LogP contribution is 2.51. The fourth-order valence-corrected chi connectivity index (χ4v) is 4.57. The second-order valence-corrected chi connectivity index (χ2v) is 8.97. The zero-order valence-electron chi connectivity index (χ0n) is 19.2. The number of anilines is 1. The molecule has 0 unspecified atom stereocenters. The first-order valence-corrected chi connectivity index (χ1v) is 11.7. The third kappa shape index (κ3) is 4.21. The first-order valence-electron chi connectivity index (χ1n) is 11.7. The fraction of sp³-hybridized carbons (Fsp3) is 0.321. The minimum atomic E-state index is -0.507. The van der Waals surface area contributed by atoms with Crippen LogP contribution in [-0.2, 0) is 16.8 Å². The maximum absolute atomic E-state index is 13.6. The Morgan fingerprint density at radius 2 is 1.79 bits per heavy atom. The van der Waals surface area contributed by atoms with E-state index in [-0.39, 0.29) is 12.7 Å². The summed E-state index contributed by atoms with van der Waals surface area (Å²) in [4.78, 5) is 13.6. The Balaban J connectivity index is 1.46. The van der Waals surface area contributed by atoms with E-state index >= 15 is 0 Å². The molecule has 33 heavy (non-hydrogen) atoms. The smallest absolute Gasteiger partial charge is 0.235 e. The summed E-state index contributed by atoms with van der Waals surface area (Å²) < 4.78 is 11.0. The van der Waals surface area contributed by atoms with Gasteiger partial charge in [0.1, 0.15) is 0 Å². The Labute approximate surface area is 195 Å². The topological polar surface area (TPSA) is 59.6 Å². The van der Waals surface area contributed by atoms with Gasteiger partial charge in [-0.3, -0.25) is 4.79 Å². The van der Waals surface area contributed by atoms with E-state index in [0.717, 1.165) is 71.8 Å². The van der Waals surface area contributed by atoms with E-state index in [9.17, 15) is 4.79 Å². The summed E-state index contributed by atoms with van der Waals surface area (Å²) in [6.07, 6.45) is 2.73. The van der Waals surface area contributed by atoms with E-state index in [4.69, 9.17) is 9.47 Å². The van der Waals surface area contributed by atoms with Gasteiger partial charge in [-0.25, -0.2) is 0 Å². The number of nitrogens with one attached hydrogen (secondary N) is 2. The van der Waals surface area contributed by atoms with Crippen LogP contribution in [0.2, 0.25) is 0 Å². The standard InChI is InChI=1S/C28H30N2O3/c1-3-13-29-17-21-14-19(2)23(20-7-5-4-6-8-20)16-24(21)30-27(31)28(11-12-28)22-9-10-25-26(15-22)33-18-32-25/h4-10,14-16,29H,3,11-13,17-18H2,1-2H3,(H,30,31). The van der Waals surface area contributed by atoms with Crippen molar-refractivity contribution in [3.8, 4) is 22.6 Å². The number of aryl methyl sites for hydroxylation is 1. The minimum absolute atomic E-state index is 0.0426. The van der Waals surface area contributed by atoms with Crippen LogP contribution >= 0.6 is 0 Å². The summed E-state index contributed by atoms with van der Waals surface area (Å²) in [5.41, 5.74) is 5.95. The lowest BCUT2D eigenvalue weighted by atomic mass is 9.93. The zero-order chi connectivity index (χ0) is 22.8. The molecular weight excluding hydrogens is 412 g/mol. The third-order valence-corrected chi connectivity index (χ3v) is 6.64. The predicted octanol–water partition coefficient (Wildman–Crippen LogP) is 5.56. The van der Waals surface area contributed by atoms with E-state index < -0.39 is 5.41 Å². The van der Waals surface area contributed by atoms with E-state index in [2.05, 4.69) is 48.7 Å². The van der Waals surface area contributed by atoms with Gasteiger partial charge in [0.25, 0.3) is 0 Å². The number of amides is 1. The molecule has 0 spiro atoms. The first-order chi connectivity index (χ1) is 16.1. The number of fused-ring (bicyclic) bond motifs is 1. The molecule has 1 aliphatic heterocycles. The summed E-state index contributed by atoms with van der Waals surface area (Å²) in [6, 6.07) is 20.5. The van der Waals surface area contributed by atoms with Gasteiger partial charge in [-0.15, -0.1) is 0 Å². The Kier molecular flexibility index (Phi) is 5.81. The molecule has 0 atom stereocenters. The van der Waals surface area contributed by atoms with Crippen molar-refractivity contribution < 1.29 is 14.3 Å². The number of rotatable bonds is 8. The molecule has 0 aromatic heterocycles. The highest BCUT2D eigenvalue weighted by Gasteiger charge is 2.51. The molecule has 170 valence electrons. The largest absolute Gasteiger partial charge is 0.454 e. The van der Waals surface area contributed by atoms with Gasteiger partial charge < -0.3 is 20.1 Å². The Bertz CT molecular complexity index is 1170. The van der Waals surface area contributed by atoms with Gasteiger partial charge in [0.05, 0.1) is 5.41 Å². The second kappa shape index (κ2) is 8.91. The van der Waals surface area contributed by atoms with Crippen molar-refractivity contribution in [3.05, 3.63) is 77.4 Å². The van der Waals surface area contributed by atoms with E-state index in [1.54, 1.807) is 0 Å². The molecular formula is C28H30N2O3. The van der Waals surface area contributed by atoms with Gasteiger partial charge in [0.15, 0.2) is 11.5 Å². The number of hydrogen-bond donors (Lipinski definition) is 2. The molecule has 5 rings (SSSR count). The van der Waals surface area contributed by atoms with Crippen LogP contribution in [0.25, 0.3) is 11.1 Å². The number of carbonyl (C=O) groups is 1. The number of ether oxygens (including phenoxy) is 2. The quantitative estimate of drug-likeness (QED) is 0.449. The average Bonchev–Trinajstić information content (AvgIpc) is 3.52. The molecule has 0 saturated heterocycles. The van der Waals surface area contributed by atoms with E-state index in [1.807, 2.05) is 36.4 Å². The van der Waals surface area contributed by atoms with Gasteiger partial charge in [-0.05, 0) is 78.7 Å². The van der Waals surface area contributed by atoms with Gasteiger partial charge in [0, 0.05) is 12.2 Å². The second-order valence-electron chi connectivity index (χ2n) is 8.97. The summed E-state index contributed by atoms with van der Waals surface area (Å²) in [5.74, 6) is 1.50. The van der Waals surface area contributed by atoms with Crippen molar-refractivity contribution in [2.45, 2.75) is 45.1 Å². The molecule has 3 aromatic carbocycles. The van der Waals surface area contributed by atoms with Crippen molar-refractivity contribution in [1.82, 2.24) is 5.32 Å². The first kappa shape index (κ1) is 21.5. The molecule has 5 nitrogen and oxygen atoms in total. The van der Waals surface area contributed by atoms with Crippen molar-refractivity contribution in [2.75, 3.05) is 18.7 Å². The lowest BCUT2D eigenvalue weighted by Crippen LogP contribution is -2.28. The molecule has 0 bridgehead atoms. The third-order valence-electron chi connectivity index (χ3n) is 6.64. The highest BCUT2D eigenvalue weighted by atomic mass is 16.7. The normalized spacial score (nSPS) is 15.3. The molecule has 2 N–H and O–H groups in total. The SMILES string of the molecule is CCCNCc1cc(C)c(-c2ccccc2)cc1NC(=O)C1(c2ccc3c(c2)OCO3)CC1. The number of carbonyl (C=O) groups excluding carboxylic acids is 1. The summed E-state index contributed by atoms with van der Waals surface area (Å²) >= 11 is 0. The monoisotopic (exact) mass is 442 g/mol. The maximum Gasteiger partial charge on any atom is 0.235 e. The summed E-state index contributed by atoms with van der Waals surface area (Å²) in [5, 5.41) is 6.78. The van der Waals surface area contributed by atoms with Gasteiger partial charge in [0.2, 0.25) is 12.7 Å². The minimum Gasteiger partial charge on any atom is -0.454 e. The van der Waals surface area contributed by atoms with E-state index in [0.29, 0.717) is 0 Å². The van der Waals surface area contributed by atoms with Crippen molar-refractivity contribution in [1.29, 1.82) is 0 Å². The predicted molar refractivity (Wildman–Crippen MR) is 131 cm³/mol. The molecule has 1 heterocycles. The Morgan fingerprint density at radius 1 is 1.00 bits per heavy atom. The maximum atomic E-state index is 13.6. The van der Waals surface area contributed by atoms with Crippen LogP contribution in [0.3, 0.4) is 0 Å². The Hall–Kier alpha value is -3.31. The molecule has 1 aliphatic carbocycles. The molecule has 0 radical (unpaired) electrons. The van der Waals surface area contributed by atoms with Crippen LogP contribution in [-0.4, -0.2) is 19.2 Å². The van der Waals surface area contributed by atoms with Crippen molar-refractivity contribution in [2.24, 2.45) is 0 Å².